The van der Waals surface area contributed by atoms with Gasteiger partial charge in [0.2, 0.25) is 5.91 Å². The van der Waals surface area contributed by atoms with Gasteiger partial charge in [-0.1, -0.05) is 0 Å². The van der Waals surface area contributed by atoms with Crippen molar-refractivity contribution in [2.24, 2.45) is 5.73 Å². The molecule has 1 aromatic heterocycles. The molecule has 0 spiro atoms. The number of pyridine rings is 1. The molecule has 2 aliphatic rings. The fourth-order valence-corrected chi connectivity index (χ4v) is 3.64. The van der Waals surface area contributed by atoms with Crippen LogP contribution in [-0.4, -0.2) is 47.5 Å². The van der Waals surface area contributed by atoms with E-state index in [2.05, 4.69) is 4.98 Å². The Kier molecular flexibility index (Phi) is 5.53. The van der Waals surface area contributed by atoms with Gasteiger partial charge in [-0.25, -0.2) is 4.98 Å². The summed E-state index contributed by atoms with van der Waals surface area (Å²) in [5, 5.41) is 0. The Hall–Kier alpha value is -2.15. The van der Waals surface area contributed by atoms with Gasteiger partial charge in [-0.3, -0.25) is 9.59 Å². The van der Waals surface area contributed by atoms with Gasteiger partial charge in [0.05, 0.1) is 18.1 Å². The second-order valence-electron chi connectivity index (χ2n) is 6.88. The Morgan fingerprint density at radius 3 is 2.56 bits per heavy atom. The molecular formula is C18H26N4O3. The first kappa shape index (κ1) is 17.7. The number of nitrogens with zero attached hydrogens (tertiary/aromatic N) is 2. The number of rotatable bonds is 4. The summed E-state index contributed by atoms with van der Waals surface area (Å²) in [7, 11) is 0. The minimum absolute atomic E-state index is 0.0850. The van der Waals surface area contributed by atoms with Gasteiger partial charge < -0.3 is 21.1 Å². The maximum absolute atomic E-state index is 12.4. The lowest BCUT2D eigenvalue weighted by Crippen LogP contribution is -2.40. The maximum atomic E-state index is 12.4. The van der Waals surface area contributed by atoms with Crippen molar-refractivity contribution in [1.82, 2.24) is 9.88 Å². The molecule has 3 heterocycles. The summed E-state index contributed by atoms with van der Waals surface area (Å²) in [6.45, 7) is 2.21. The number of aromatic nitrogens is 1. The quantitative estimate of drug-likeness (QED) is 0.856. The number of primary amides is 1. The zero-order valence-electron chi connectivity index (χ0n) is 14.4. The zero-order valence-corrected chi connectivity index (χ0v) is 14.4. The van der Waals surface area contributed by atoms with Crippen molar-refractivity contribution < 1.29 is 14.3 Å². The normalized spacial score (nSPS) is 21.9. The van der Waals surface area contributed by atoms with Gasteiger partial charge >= 0.3 is 0 Å². The van der Waals surface area contributed by atoms with Crippen LogP contribution in [0.15, 0.2) is 12.1 Å². The van der Waals surface area contributed by atoms with Crippen molar-refractivity contribution in [3.63, 3.8) is 0 Å². The molecule has 2 fully saturated rings. The molecular weight excluding hydrogens is 320 g/mol. The summed E-state index contributed by atoms with van der Waals surface area (Å²) in [5.74, 6) is 0.0426. The zero-order chi connectivity index (χ0) is 17.8. The molecule has 136 valence electrons. The van der Waals surface area contributed by atoms with E-state index in [1.165, 1.54) is 0 Å². The molecule has 0 aliphatic carbocycles. The lowest BCUT2D eigenvalue weighted by atomic mass is 9.92. The van der Waals surface area contributed by atoms with Gasteiger partial charge in [-0.2, -0.15) is 0 Å². The number of nitrogens with two attached hydrogens (primary N) is 2. The van der Waals surface area contributed by atoms with Gasteiger partial charge in [-0.15, -0.1) is 0 Å². The van der Waals surface area contributed by atoms with E-state index in [-0.39, 0.29) is 29.3 Å². The van der Waals surface area contributed by atoms with E-state index in [1.54, 1.807) is 6.07 Å². The van der Waals surface area contributed by atoms with Crippen molar-refractivity contribution in [3.8, 4) is 0 Å². The van der Waals surface area contributed by atoms with Gasteiger partial charge in [0.15, 0.2) is 0 Å². The number of anilines is 1. The Labute approximate surface area is 147 Å². The molecule has 0 radical (unpaired) electrons. The third kappa shape index (κ3) is 4.28. The Morgan fingerprint density at radius 1 is 1.20 bits per heavy atom. The highest BCUT2D eigenvalue weighted by atomic mass is 16.5. The lowest BCUT2D eigenvalue weighted by Gasteiger charge is -2.33. The predicted octanol–water partition coefficient (Wildman–Crippen LogP) is 1.43. The number of hydrogen-bond donors (Lipinski definition) is 2. The topological polar surface area (TPSA) is 112 Å². The average molecular weight is 346 g/mol. The lowest BCUT2D eigenvalue weighted by molar-refractivity contribution is -0.136. The van der Waals surface area contributed by atoms with Crippen LogP contribution in [0.3, 0.4) is 0 Å². The van der Waals surface area contributed by atoms with Crippen LogP contribution in [0.1, 0.15) is 60.5 Å². The minimum Gasteiger partial charge on any atom is -0.383 e. The molecule has 7 heteroatoms. The minimum atomic E-state index is -0.568. The maximum Gasteiger partial charge on any atom is 0.252 e. The Morgan fingerprint density at radius 2 is 1.96 bits per heavy atom. The molecule has 3 rings (SSSR count). The third-order valence-electron chi connectivity index (χ3n) is 5.15. The first-order valence-electron chi connectivity index (χ1n) is 9.00. The van der Waals surface area contributed by atoms with Crippen molar-refractivity contribution in [3.05, 3.63) is 23.4 Å². The van der Waals surface area contributed by atoms with Crippen molar-refractivity contribution in [2.75, 3.05) is 25.4 Å². The summed E-state index contributed by atoms with van der Waals surface area (Å²) >= 11 is 0. The molecule has 1 atom stereocenters. The van der Waals surface area contributed by atoms with Crippen LogP contribution in [0.4, 0.5) is 5.82 Å². The predicted molar refractivity (Wildman–Crippen MR) is 93.9 cm³/mol. The number of ether oxygens (including phenoxy) is 1. The van der Waals surface area contributed by atoms with Crippen LogP contribution < -0.4 is 11.5 Å². The third-order valence-corrected chi connectivity index (χ3v) is 5.15. The molecule has 7 nitrogen and oxygen atoms in total. The number of carbonyl (C=O) groups is 2. The van der Waals surface area contributed by atoms with Gasteiger partial charge in [0.25, 0.3) is 5.91 Å². The smallest absolute Gasteiger partial charge is 0.252 e. The van der Waals surface area contributed by atoms with E-state index < -0.39 is 5.91 Å². The van der Waals surface area contributed by atoms with Gasteiger partial charge in [-0.05, 0) is 44.2 Å². The molecule has 2 amide bonds. The molecule has 0 bridgehead atoms. The van der Waals surface area contributed by atoms with Crippen LogP contribution in [0.5, 0.6) is 0 Å². The van der Waals surface area contributed by atoms with Crippen molar-refractivity contribution in [2.45, 2.75) is 50.5 Å². The largest absolute Gasteiger partial charge is 0.383 e. The average Bonchev–Trinajstić information content (AvgIpc) is 2.62. The fourth-order valence-electron chi connectivity index (χ4n) is 3.64. The van der Waals surface area contributed by atoms with Crippen LogP contribution in [0, 0.1) is 0 Å². The molecule has 4 N–H and O–H groups in total. The second kappa shape index (κ2) is 7.82. The Balaban J connectivity index is 1.53. The van der Waals surface area contributed by atoms with Crippen LogP contribution in [0.25, 0.3) is 0 Å². The van der Waals surface area contributed by atoms with Crippen molar-refractivity contribution >= 4 is 17.6 Å². The van der Waals surface area contributed by atoms with E-state index in [0.717, 1.165) is 57.5 Å². The summed E-state index contributed by atoms with van der Waals surface area (Å²) < 4.78 is 5.66. The molecule has 1 aromatic rings. The van der Waals surface area contributed by atoms with E-state index in [1.807, 2.05) is 11.0 Å². The number of likely N-dealkylation sites (tertiary alicyclic amines) is 1. The molecule has 25 heavy (non-hydrogen) atoms. The summed E-state index contributed by atoms with van der Waals surface area (Å²) in [5.41, 5.74) is 12.2. The number of piperidine rings is 1. The first-order valence-corrected chi connectivity index (χ1v) is 9.00. The number of carbonyl (C=O) groups excluding carboxylic acids is 2. The monoisotopic (exact) mass is 346 g/mol. The molecule has 0 unspecified atom stereocenters. The molecule has 2 aliphatic heterocycles. The van der Waals surface area contributed by atoms with Gasteiger partial charge in [0.1, 0.15) is 5.82 Å². The summed E-state index contributed by atoms with van der Waals surface area (Å²) in [6, 6.07) is 3.45. The first-order chi connectivity index (χ1) is 12.0. The molecule has 0 aromatic carbocycles. The summed E-state index contributed by atoms with van der Waals surface area (Å²) in [6.07, 6.45) is 5.50. The van der Waals surface area contributed by atoms with Crippen LogP contribution in [0.2, 0.25) is 0 Å². The van der Waals surface area contributed by atoms with Gasteiger partial charge in [0, 0.05) is 31.3 Å². The van der Waals surface area contributed by atoms with Crippen LogP contribution in [-0.2, 0) is 9.53 Å². The highest BCUT2D eigenvalue weighted by Crippen LogP contribution is 2.28. The highest BCUT2D eigenvalue weighted by molar-refractivity contribution is 5.97. The number of nitrogen functional groups attached to an aromatic ring is 1. The van der Waals surface area contributed by atoms with Crippen molar-refractivity contribution in [1.29, 1.82) is 0 Å². The van der Waals surface area contributed by atoms with Crippen LogP contribution >= 0.6 is 0 Å². The summed E-state index contributed by atoms with van der Waals surface area (Å²) in [4.78, 5) is 29.9. The van der Waals surface area contributed by atoms with E-state index >= 15 is 0 Å². The Bertz CT molecular complexity index is 635. The fraction of sp³-hybridized carbons (Fsp3) is 0.611. The standard InChI is InChI=1S/C18H26N4O3/c19-17-14(18(20)24)4-5-15(21-17)12-6-8-22(9-7-12)16(23)11-13-3-1-2-10-25-13/h4-5,12-13H,1-3,6-11H2,(H2,19,21)(H2,20,24)/t13-/m0/s1. The number of hydrogen-bond acceptors (Lipinski definition) is 5. The highest BCUT2D eigenvalue weighted by Gasteiger charge is 2.27. The molecule has 0 saturated carbocycles. The SMILES string of the molecule is NC(=O)c1ccc(C2CCN(C(=O)C[C@@H]3CCCCO3)CC2)nc1N. The molecule has 2 saturated heterocycles. The van der Waals surface area contributed by atoms with E-state index in [4.69, 9.17) is 16.2 Å². The van der Waals surface area contributed by atoms with E-state index in [9.17, 15) is 9.59 Å². The second-order valence-corrected chi connectivity index (χ2v) is 6.88. The number of amides is 2. The van der Waals surface area contributed by atoms with E-state index in [0.29, 0.717) is 6.42 Å².